The molecule has 2 nitrogen and oxygen atoms in total. The van der Waals surface area contributed by atoms with Gasteiger partial charge in [-0.15, -0.1) is 6.58 Å². The van der Waals surface area contributed by atoms with Crippen LogP contribution in [0.25, 0.3) is 0 Å². The molecule has 0 saturated heterocycles. The highest BCUT2D eigenvalue weighted by atomic mass is 35.5. The van der Waals surface area contributed by atoms with E-state index in [-0.39, 0.29) is 6.04 Å². The third kappa shape index (κ3) is 2.40. The van der Waals surface area contributed by atoms with Crippen LogP contribution in [0.1, 0.15) is 25.1 Å². The van der Waals surface area contributed by atoms with Crippen molar-refractivity contribution < 1.29 is 4.42 Å². The van der Waals surface area contributed by atoms with Gasteiger partial charge in [-0.3, -0.25) is 0 Å². The lowest BCUT2D eigenvalue weighted by Crippen LogP contribution is -2.09. The van der Waals surface area contributed by atoms with Crippen LogP contribution in [0.5, 0.6) is 0 Å². The molecule has 1 aromatic rings. The zero-order valence-corrected chi connectivity index (χ0v) is 7.77. The second kappa shape index (κ2) is 3.78. The highest BCUT2D eigenvalue weighted by Crippen LogP contribution is 2.22. The van der Waals surface area contributed by atoms with Gasteiger partial charge in [0.2, 0.25) is 0 Å². The van der Waals surface area contributed by atoms with E-state index >= 15 is 0 Å². The van der Waals surface area contributed by atoms with Crippen molar-refractivity contribution in [3.63, 3.8) is 0 Å². The zero-order valence-electron chi connectivity index (χ0n) is 7.01. The van der Waals surface area contributed by atoms with Gasteiger partial charge >= 0.3 is 0 Å². The normalized spacial score (nSPS) is 12.9. The molecule has 0 aromatic carbocycles. The molecular formula is C9H12ClNO. The van der Waals surface area contributed by atoms with Crippen LogP contribution in [-0.2, 0) is 0 Å². The summed E-state index contributed by atoms with van der Waals surface area (Å²) in [5.74, 6) is 0.711. The Hall–Kier alpha value is -0.730. The standard InChI is InChI=1S/C9H12ClNO/c1-6(2)5-7(11)8-3-4-9(10)12-8/h3-4,7H,1,5,11H2,2H3/t7-/m0/s1. The van der Waals surface area contributed by atoms with Gasteiger partial charge in [-0.05, 0) is 37.1 Å². The van der Waals surface area contributed by atoms with Gasteiger partial charge in [0, 0.05) is 0 Å². The smallest absolute Gasteiger partial charge is 0.193 e. The minimum Gasteiger partial charge on any atom is -0.448 e. The largest absolute Gasteiger partial charge is 0.448 e. The van der Waals surface area contributed by atoms with Crippen molar-refractivity contribution in [2.75, 3.05) is 0 Å². The third-order valence-corrected chi connectivity index (χ3v) is 1.73. The van der Waals surface area contributed by atoms with E-state index in [0.29, 0.717) is 11.0 Å². The summed E-state index contributed by atoms with van der Waals surface area (Å²) in [6.45, 7) is 5.71. The average Bonchev–Trinajstić information content (AvgIpc) is 2.34. The Kier molecular flexibility index (Phi) is 2.95. The Balaban J connectivity index is 2.64. The molecule has 1 heterocycles. The molecule has 0 unspecified atom stereocenters. The molecule has 12 heavy (non-hydrogen) atoms. The predicted octanol–water partition coefficient (Wildman–Crippen LogP) is 2.90. The number of hydrogen-bond donors (Lipinski definition) is 1. The van der Waals surface area contributed by atoms with Gasteiger partial charge in [0.25, 0.3) is 0 Å². The van der Waals surface area contributed by atoms with Crippen LogP contribution in [0.2, 0.25) is 5.22 Å². The molecule has 1 rings (SSSR count). The van der Waals surface area contributed by atoms with E-state index in [0.717, 1.165) is 12.0 Å². The first kappa shape index (κ1) is 9.36. The highest BCUT2D eigenvalue weighted by Gasteiger charge is 2.09. The second-order valence-corrected chi connectivity index (χ2v) is 3.28. The molecule has 2 N–H and O–H groups in total. The van der Waals surface area contributed by atoms with Crippen LogP contribution in [-0.4, -0.2) is 0 Å². The van der Waals surface area contributed by atoms with Crippen molar-refractivity contribution in [1.82, 2.24) is 0 Å². The molecule has 0 saturated carbocycles. The van der Waals surface area contributed by atoms with E-state index in [1.165, 1.54) is 0 Å². The topological polar surface area (TPSA) is 39.2 Å². The SMILES string of the molecule is C=C(C)C[C@H](N)c1ccc(Cl)o1. The first-order chi connectivity index (χ1) is 5.59. The molecule has 0 spiro atoms. The van der Waals surface area contributed by atoms with Crippen molar-refractivity contribution in [1.29, 1.82) is 0 Å². The summed E-state index contributed by atoms with van der Waals surface area (Å²) in [5, 5.41) is 0.377. The van der Waals surface area contributed by atoms with Gasteiger partial charge in [-0.1, -0.05) is 5.57 Å². The zero-order chi connectivity index (χ0) is 9.14. The summed E-state index contributed by atoms with van der Waals surface area (Å²) < 4.78 is 5.15. The summed E-state index contributed by atoms with van der Waals surface area (Å²) in [6, 6.07) is 3.35. The van der Waals surface area contributed by atoms with Crippen molar-refractivity contribution in [3.05, 3.63) is 35.3 Å². The molecule has 0 amide bonds. The van der Waals surface area contributed by atoms with E-state index < -0.39 is 0 Å². The quantitative estimate of drug-likeness (QED) is 0.736. The average molecular weight is 186 g/mol. The Morgan fingerprint density at radius 1 is 1.75 bits per heavy atom. The Labute approximate surface area is 77.0 Å². The number of rotatable bonds is 3. The van der Waals surface area contributed by atoms with E-state index in [1.54, 1.807) is 12.1 Å². The molecule has 66 valence electrons. The summed E-state index contributed by atoms with van der Waals surface area (Å²) >= 11 is 5.60. The van der Waals surface area contributed by atoms with Gasteiger partial charge in [0.1, 0.15) is 5.76 Å². The molecule has 0 radical (unpaired) electrons. The summed E-state index contributed by atoms with van der Waals surface area (Å²) in [4.78, 5) is 0. The Morgan fingerprint density at radius 2 is 2.42 bits per heavy atom. The fraction of sp³-hybridized carbons (Fsp3) is 0.333. The van der Waals surface area contributed by atoms with Gasteiger partial charge in [0.15, 0.2) is 5.22 Å². The fourth-order valence-corrected chi connectivity index (χ4v) is 1.16. The lowest BCUT2D eigenvalue weighted by Gasteiger charge is -2.06. The van der Waals surface area contributed by atoms with Crippen LogP contribution in [0.4, 0.5) is 0 Å². The number of hydrogen-bond acceptors (Lipinski definition) is 2. The first-order valence-electron chi connectivity index (χ1n) is 3.75. The van der Waals surface area contributed by atoms with E-state index in [4.69, 9.17) is 21.8 Å². The van der Waals surface area contributed by atoms with Crippen LogP contribution in [0.15, 0.2) is 28.7 Å². The summed E-state index contributed by atoms with van der Waals surface area (Å²) in [6.07, 6.45) is 0.726. The molecule has 0 aliphatic rings. The van der Waals surface area contributed by atoms with Gasteiger partial charge in [-0.25, -0.2) is 0 Å². The maximum Gasteiger partial charge on any atom is 0.193 e. The summed E-state index contributed by atoms with van der Waals surface area (Å²) in [7, 11) is 0. The first-order valence-corrected chi connectivity index (χ1v) is 4.12. The van der Waals surface area contributed by atoms with Crippen LogP contribution in [0.3, 0.4) is 0 Å². The molecular weight excluding hydrogens is 174 g/mol. The van der Waals surface area contributed by atoms with Gasteiger partial charge in [0.05, 0.1) is 6.04 Å². The second-order valence-electron chi connectivity index (χ2n) is 2.91. The number of halogens is 1. The molecule has 1 aromatic heterocycles. The third-order valence-electron chi connectivity index (χ3n) is 1.53. The van der Waals surface area contributed by atoms with Gasteiger partial charge < -0.3 is 10.2 Å². The van der Waals surface area contributed by atoms with E-state index in [2.05, 4.69) is 6.58 Å². The lowest BCUT2D eigenvalue weighted by molar-refractivity contribution is 0.466. The number of furan rings is 1. The maximum absolute atomic E-state index is 5.80. The lowest BCUT2D eigenvalue weighted by atomic mass is 10.1. The van der Waals surface area contributed by atoms with Gasteiger partial charge in [-0.2, -0.15) is 0 Å². The minimum absolute atomic E-state index is 0.130. The molecule has 0 fully saturated rings. The molecule has 1 atom stereocenters. The van der Waals surface area contributed by atoms with E-state index in [9.17, 15) is 0 Å². The van der Waals surface area contributed by atoms with Crippen molar-refractivity contribution in [3.8, 4) is 0 Å². The van der Waals surface area contributed by atoms with Crippen molar-refractivity contribution >= 4 is 11.6 Å². The molecule has 0 aliphatic carbocycles. The fourth-order valence-electron chi connectivity index (χ4n) is 1.00. The van der Waals surface area contributed by atoms with Crippen LogP contribution >= 0.6 is 11.6 Å². The minimum atomic E-state index is -0.130. The van der Waals surface area contributed by atoms with Crippen molar-refractivity contribution in [2.45, 2.75) is 19.4 Å². The summed E-state index contributed by atoms with van der Waals surface area (Å²) in [5.41, 5.74) is 6.83. The Morgan fingerprint density at radius 3 is 2.83 bits per heavy atom. The predicted molar refractivity (Wildman–Crippen MR) is 50.1 cm³/mol. The molecule has 0 bridgehead atoms. The monoisotopic (exact) mass is 185 g/mol. The molecule has 0 aliphatic heterocycles. The van der Waals surface area contributed by atoms with Crippen LogP contribution < -0.4 is 5.73 Å². The van der Waals surface area contributed by atoms with Crippen molar-refractivity contribution in [2.24, 2.45) is 5.73 Å². The maximum atomic E-state index is 5.80. The molecule has 3 heteroatoms. The Bertz CT molecular complexity index is 280. The number of nitrogens with two attached hydrogens (primary N) is 1. The highest BCUT2D eigenvalue weighted by molar-refractivity contribution is 6.28. The van der Waals surface area contributed by atoms with Crippen LogP contribution in [0, 0.1) is 0 Å². The van der Waals surface area contributed by atoms with E-state index in [1.807, 2.05) is 6.92 Å².